The van der Waals surface area contributed by atoms with Crippen molar-refractivity contribution in [2.24, 2.45) is 0 Å². The molecule has 0 aliphatic rings. The zero-order chi connectivity index (χ0) is 13.8. The minimum Gasteiger partial charge on any atom is -0.281 e. The summed E-state index contributed by atoms with van der Waals surface area (Å²) in [6, 6.07) is 12.4. The maximum atomic E-state index is 11.6. The molecular formula is C16H17ClOS. The van der Waals surface area contributed by atoms with E-state index in [4.69, 9.17) is 11.6 Å². The van der Waals surface area contributed by atoms with E-state index in [2.05, 4.69) is 38.1 Å². The van der Waals surface area contributed by atoms with Gasteiger partial charge in [0.15, 0.2) is 0 Å². The van der Waals surface area contributed by atoms with Crippen molar-refractivity contribution in [1.82, 2.24) is 0 Å². The fourth-order valence-electron chi connectivity index (χ4n) is 2.06. The molecule has 0 N–H and O–H groups in total. The van der Waals surface area contributed by atoms with Gasteiger partial charge < -0.3 is 0 Å². The predicted molar refractivity (Wildman–Crippen MR) is 82.2 cm³/mol. The highest BCUT2D eigenvalue weighted by Gasteiger charge is 2.20. The fraction of sp³-hybridized carbons (Fsp3) is 0.312. The Morgan fingerprint density at radius 2 is 1.89 bits per heavy atom. The van der Waals surface area contributed by atoms with Crippen LogP contribution in [0.15, 0.2) is 41.8 Å². The minimum atomic E-state index is -0.282. The minimum absolute atomic E-state index is 0.230. The Morgan fingerprint density at radius 1 is 1.21 bits per heavy atom. The van der Waals surface area contributed by atoms with E-state index in [1.54, 1.807) is 11.3 Å². The Hall–Kier alpha value is -1.12. The van der Waals surface area contributed by atoms with Crippen LogP contribution in [0.25, 0.3) is 0 Å². The van der Waals surface area contributed by atoms with Crippen LogP contribution in [0.2, 0.25) is 0 Å². The predicted octanol–water partition coefficient (Wildman–Crippen LogP) is 4.96. The van der Waals surface area contributed by atoms with Crippen molar-refractivity contribution in [3.8, 4) is 0 Å². The molecule has 100 valence electrons. The zero-order valence-electron chi connectivity index (χ0n) is 11.1. The number of carbonyl (C=O) groups excluding carboxylic acids is 1. The molecule has 3 heteroatoms. The first kappa shape index (κ1) is 14.3. The quantitative estimate of drug-likeness (QED) is 0.712. The van der Waals surface area contributed by atoms with Gasteiger partial charge >= 0.3 is 0 Å². The molecule has 1 unspecified atom stereocenters. The average molecular weight is 293 g/mol. The highest BCUT2D eigenvalue weighted by molar-refractivity contribution is 7.10. The molecule has 0 aliphatic carbocycles. The van der Waals surface area contributed by atoms with Crippen LogP contribution in [0, 0.1) is 0 Å². The summed E-state index contributed by atoms with van der Waals surface area (Å²) in [5, 5.41) is 1.69. The van der Waals surface area contributed by atoms with E-state index in [9.17, 15) is 4.79 Å². The number of hydrogen-bond donors (Lipinski definition) is 0. The maximum absolute atomic E-state index is 11.6. The van der Waals surface area contributed by atoms with Gasteiger partial charge in [-0.15, -0.1) is 11.3 Å². The molecule has 0 saturated heterocycles. The van der Waals surface area contributed by atoms with Crippen LogP contribution in [0.1, 0.15) is 41.7 Å². The second-order valence-electron chi connectivity index (χ2n) is 4.97. The lowest BCUT2D eigenvalue weighted by molar-refractivity contribution is -0.112. The Kier molecular flexibility index (Phi) is 4.78. The van der Waals surface area contributed by atoms with Crippen LogP contribution in [0.5, 0.6) is 0 Å². The molecule has 0 fully saturated rings. The van der Waals surface area contributed by atoms with Gasteiger partial charge in [0.1, 0.15) is 0 Å². The molecule has 0 saturated carbocycles. The molecule has 19 heavy (non-hydrogen) atoms. The van der Waals surface area contributed by atoms with Crippen LogP contribution >= 0.6 is 22.9 Å². The van der Waals surface area contributed by atoms with Crippen molar-refractivity contribution in [2.45, 2.75) is 32.1 Å². The van der Waals surface area contributed by atoms with Crippen molar-refractivity contribution in [2.75, 3.05) is 0 Å². The fourth-order valence-corrected chi connectivity index (χ4v) is 3.14. The van der Waals surface area contributed by atoms with E-state index in [0.717, 1.165) is 10.4 Å². The van der Waals surface area contributed by atoms with Crippen LogP contribution < -0.4 is 0 Å². The molecule has 0 radical (unpaired) electrons. The van der Waals surface area contributed by atoms with Gasteiger partial charge in [-0.05, 0) is 46.5 Å². The van der Waals surface area contributed by atoms with Crippen LogP contribution in [0.4, 0.5) is 0 Å². The average Bonchev–Trinajstić information content (AvgIpc) is 2.89. The van der Waals surface area contributed by atoms with Crippen molar-refractivity contribution >= 4 is 28.2 Å². The van der Waals surface area contributed by atoms with E-state index in [1.165, 1.54) is 5.56 Å². The largest absolute Gasteiger partial charge is 0.281 e. The van der Waals surface area contributed by atoms with Gasteiger partial charge in [0.05, 0.1) is 5.92 Å². The molecule has 1 atom stereocenters. The van der Waals surface area contributed by atoms with Crippen molar-refractivity contribution in [1.29, 1.82) is 0 Å². The van der Waals surface area contributed by atoms with Gasteiger partial charge in [0.25, 0.3) is 0 Å². The van der Waals surface area contributed by atoms with Gasteiger partial charge in [-0.2, -0.15) is 0 Å². The van der Waals surface area contributed by atoms with Crippen LogP contribution in [0.3, 0.4) is 0 Å². The van der Waals surface area contributed by atoms with Crippen LogP contribution in [-0.2, 0) is 11.2 Å². The SMILES string of the molecule is CC(C)c1ccc(CC(C(=O)Cl)c2cccs2)cc1. The van der Waals surface area contributed by atoms with Crippen molar-refractivity contribution in [3.63, 3.8) is 0 Å². The molecule has 2 aromatic rings. The third kappa shape index (κ3) is 3.68. The molecule has 0 bridgehead atoms. The summed E-state index contributed by atoms with van der Waals surface area (Å²) < 4.78 is 0. The molecule has 1 aromatic carbocycles. The normalized spacial score (nSPS) is 12.6. The Morgan fingerprint density at radius 3 is 2.37 bits per heavy atom. The number of rotatable bonds is 5. The molecule has 0 amide bonds. The van der Waals surface area contributed by atoms with Gasteiger partial charge in [-0.25, -0.2) is 0 Å². The molecular weight excluding hydrogens is 276 g/mol. The van der Waals surface area contributed by atoms with E-state index >= 15 is 0 Å². The molecule has 1 aromatic heterocycles. The Balaban J connectivity index is 2.16. The summed E-state index contributed by atoms with van der Waals surface area (Å²) in [6.07, 6.45) is 0.668. The highest BCUT2D eigenvalue weighted by atomic mass is 35.5. The Bertz CT molecular complexity index is 528. The number of thiophene rings is 1. The summed E-state index contributed by atoms with van der Waals surface area (Å²) in [5.74, 6) is 0.295. The van der Waals surface area contributed by atoms with E-state index < -0.39 is 0 Å². The third-order valence-corrected chi connectivity index (χ3v) is 4.50. The maximum Gasteiger partial charge on any atom is 0.230 e. The first-order chi connectivity index (χ1) is 9.08. The second-order valence-corrected chi connectivity index (χ2v) is 6.32. The van der Waals surface area contributed by atoms with Crippen molar-refractivity contribution < 1.29 is 4.79 Å². The summed E-state index contributed by atoms with van der Waals surface area (Å²) >= 11 is 7.32. The molecule has 0 spiro atoms. The van der Waals surface area contributed by atoms with Crippen LogP contribution in [-0.4, -0.2) is 5.24 Å². The number of halogens is 1. The van der Waals surface area contributed by atoms with E-state index in [1.807, 2.05) is 17.5 Å². The summed E-state index contributed by atoms with van der Waals surface area (Å²) in [7, 11) is 0. The molecule has 1 nitrogen and oxygen atoms in total. The summed E-state index contributed by atoms with van der Waals surface area (Å²) in [5.41, 5.74) is 2.46. The monoisotopic (exact) mass is 292 g/mol. The van der Waals surface area contributed by atoms with Gasteiger partial charge in [-0.3, -0.25) is 4.79 Å². The van der Waals surface area contributed by atoms with Crippen molar-refractivity contribution in [3.05, 3.63) is 57.8 Å². The van der Waals surface area contributed by atoms with E-state index in [-0.39, 0.29) is 11.2 Å². The van der Waals surface area contributed by atoms with Gasteiger partial charge in [-0.1, -0.05) is 44.2 Å². The third-order valence-electron chi connectivity index (χ3n) is 3.25. The number of benzene rings is 1. The first-order valence-corrected chi connectivity index (χ1v) is 7.65. The summed E-state index contributed by atoms with van der Waals surface area (Å²) in [6.45, 7) is 4.34. The topological polar surface area (TPSA) is 17.1 Å². The standard InChI is InChI=1S/C16H17ClOS/c1-11(2)13-7-5-12(6-8-13)10-14(16(17)18)15-4-3-9-19-15/h3-9,11,14H,10H2,1-2H3. The highest BCUT2D eigenvalue weighted by Crippen LogP contribution is 2.28. The number of hydrogen-bond acceptors (Lipinski definition) is 2. The zero-order valence-corrected chi connectivity index (χ0v) is 12.7. The summed E-state index contributed by atoms with van der Waals surface area (Å²) in [4.78, 5) is 12.6. The smallest absolute Gasteiger partial charge is 0.230 e. The van der Waals surface area contributed by atoms with E-state index in [0.29, 0.717) is 12.3 Å². The molecule has 0 aliphatic heterocycles. The molecule has 1 heterocycles. The lowest BCUT2D eigenvalue weighted by Crippen LogP contribution is -2.08. The first-order valence-electron chi connectivity index (χ1n) is 6.39. The lowest BCUT2D eigenvalue weighted by Gasteiger charge is -2.12. The lowest BCUT2D eigenvalue weighted by atomic mass is 9.96. The molecule has 2 rings (SSSR count). The van der Waals surface area contributed by atoms with Gasteiger partial charge in [0, 0.05) is 4.88 Å². The number of carbonyl (C=O) groups is 1. The second kappa shape index (κ2) is 6.36. The van der Waals surface area contributed by atoms with Gasteiger partial charge in [0.2, 0.25) is 5.24 Å². The Labute approximate surface area is 123 Å².